The Labute approximate surface area is 144 Å². The topological polar surface area (TPSA) is 46.2 Å². The van der Waals surface area contributed by atoms with Gasteiger partial charge in [-0.05, 0) is 49.2 Å². The summed E-state index contributed by atoms with van der Waals surface area (Å²) in [6, 6.07) is 10.3. The smallest absolute Gasteiger partial charge is 0.248 e. The van der Waals surface area contributed by atoms with Crippen molar-refractivity contribution in [3.63, 3.8) is 0 Å². The molecule has 23 heavy (non-hydrogen) atoms. The lowest BCUT2D eigenvalue weighted by Gasteiger charge is -2.09. The Hall–Kier alpha value is -2.10. The SMILES string of the molecule is Cc1cccc(C)c1NC(=O)C=CC(=O)c1ccc(Cl)cc1Cl. The average Bonchev–Trinajstić information content (AvgIpc) is 2.49. The van der Waals surface area contributed by atoms with Crippen LogP contribution < -0.4 is 5.32 Å². The van der Waals surface area contributed by atoms with E-state index in [0.717, 1.165) is 16.8 Å². The summed E-state index contributed by atoms with van der Waals surface area (Å²) in [6.45, 7) is 3.82. The van der Waals surface area contributed by atoms with E-state index in [1.54, 1.807) is 6.07 Å². The number of allylic oxidation sites excluding steroid dienone is 1. The summed E-state index contributed by atoms with van der Waals surface area (Å²) in [7, 11) is 0. The fourth-order valence-corrected chi connectivity index (χ4v) is 2.61. The summed E-state index contributed by atoms with van der Waals surface area (Å²) >= 11 is 11.8. The molecule has 3 nitrogen and oxygen atoms in total. The Morgan fingerprint density at radius 3 is 2.26 bits per heavy atom. The molecule has 0 saturated heterocycles. The van der Waals surface area contributed by atoms with Gasteiger partial charge < -0.3 is 5.32 Å². The van der Waals surface area contributed by atoms with Crippen LogP contribution in [0.3, 0.4) is 0 Å². The molecule has 0 aromatic heterocycles. The third-order valence-electron chi connectivity index (χ3n) is 3.31. The minimum atomic E-state index is -0.374. The number of halogens is 2. The van der Waals surface area contributed by atoms with Crippen LogP contribution in [-0.4, -0.2) is 11.7 Å². The second kappa shape index (κ2) is 7.44. The number of hydrogen-bond acceptors (Lipinski definition) is 2. The first kappa shape index (κ1) is 17.3. The highest BCUT2D eigenvalue weighted by molar-refractivity contribution is 6.37. The van der Waals surface area contributed by atoms with Gasteiger partial charge in [0.2, 0.25) is 5.91 Å². The quantitative estimate of drug-likeness (QED) is 0.625. The summed E-state index contributed by atoms with van der Waals surface area (Å²) in [5.74, 6) is -0.732. The molecule has 2 rings (SSSR count). The van der Waals surface area contributed by atoms with E-state index in [-0.39, 0.29) is 16.7 Å². The highest BCUT2D eigenvalue weighted by Gasteiger charge is 2.09. The lowest BCUT2D eigenvalue weighted by molar-refractivity contribution is -0.111. The van der Waals surface area contributed by atoms with E-state index in [4.69, 9.17) is 23.2 Å². The molecule has 0 aliphatic carbocycles. The second-order valence-corrected chi connectivity index (χ2v) is 5.92. The zero-order chi connectivity index (χ0) is 17.0. The van der Waals surface area contributed by atoms with Gasteiger partial charge in [0.15, 0.2) is 5.78 Å². The molecule has 0 unspecified atom stereocenters. The Morgan fingerprint density at radius 1 is 1.00 bits per heavy atom. The van der Waals surface area contributed by atoms with Crippen molar-refractivity contribution in [2.45, 2.75) is 13.8 Å². The lowest BCUT2D eigenvalue weighted by atomic mass is 10.1. The molecule has 1 N–H and O–H groups in total. The van der Waals surface area contributed by atoms with Crippen LogP contribution >= 0.6 is 23.2 Å². The van der Waals surface area contributed by atoms with Crippen molar-refractivity contribution in [3.05, 3.63) is 75.3 Å². The van der Waals surface area contributed by atoms with Crippen LogP contribution in [0.15, 0.2) is 48.6 Å². The standard InChI is InChI=1S/C18H15Cl2NO2/c1-11-4-3-5-12(2)18(11)21-17(23)9-8-16(22)14-7-6-13(19)10-15(14)20/h3-10H,1-2H3,(H,21,23). The van der Waals surface area contributed by atoms with Crippen LogP contribution in [0.2, 0.25) is 10.0 Å². The molecule has 2 aromatic carbocycles. The lowest BCUT2D eigenvalue weighted by Crippen LogP contribution is -2.11. The molecule has 118 valence electrons. The highest BCUT2D eigenvalue weighted by atomic mass is 35.5. The Balaban J connectivity index is 2.10. The van der Waals surface area contributed by atoms with Crippen molar-refractivity contribution < 1.29 is 9.59 Å². The summed E-state index contributed by atoms with van der Waals surface area (Å²) in [4.78, 5) is 24.1. The minimum absolute atomic E-state index is 0.252. The molecule has 5 heteroatoms. The highest BCUT2D eigenvalue weighted by Crippen LogP contribution is 2.22. The van der Waals surface area contributed by atoms with Crippen molar-refractivity contribution in [2.75, 3.05) is 5.32 Å². The van der Waals surface area contributed by atoms with E-state index in [0.29, 0.717) is 10.6 Å². The van der Waals surface area contributed by atoms with Crippen LogP contribution in [0.5, 0.6) is 0 Å². The molecule has 0 saturated carbocycles. The summed E-state index contributed by atoms with van der Waals surface area (Å²) in [5, 5.41) is 3.48. The van der Waals surface area contributed by atoms with Gasteiger partial charge in [-0.25, -0.2) is 0 Å². The van der Waals surface area contributed by atoms with Crippen molar-refractivity contribution in [2.24, 2.45) is 0 Å². The minimum Gasteiger partial charge on any atom is -0.322 e. The summed E-state index contributed by atoms with van der Waals surface area (Å²) in [6.07, 6.45) is 2.39. The maximum Gasteiger partial charge on any atom is 0.248 e. The number of carbonyl (C=O) groups is 2. The van der Waals surface area contributed by atoms with Gasteiger partial charge >= 0.3 is 0 Å². The number of aryl methyl sites for hydroxylation is 2. The first-order valence-corrected chi connectivity index (χ1v) is 7.68. The van der Waals surface area contributed by atoms with Crippen LogP contribution in [0, 0.1) is 13.8 Å². The van der Waals surface area contributed by atoms with Gasteiger partial charge in [0, 0.05) is 22.3 Å². The van der Waals surface area contributed by atoms with E-state index in [2.05, 4.69) is 5.32 Å². The number of para-hydroxylation sites is 1. The Bertz CT molecular complexity index is 777. The fourth-order valence-electron chi connectivity index (χ4n) is 2.11. The van der Waals surface area contributed by atoms with Crippen molar-refractivity contribution in [1.29, 1.82) is 0 Å². The van der Waals surface area contributed by atoms with E-state index < -0.39 is 0 Å². The molecule has 0 fully saturated rings. The van der Waals surface area contributed by atoms with E-state index in [1.807, 2.05) is 32.0 Å². The van der Waals surface area contributed by atoms with Crippen molar-refractivity contribution >= 4 is 40.6 Å². The molecule has 1 amide bonds. The molecule has 0 heterocycles. The van der Waals surface area contributed by atoms with Gasteiger partial charge in [-0.3, -0.25) is 9.59 Å². The van der Waals surface area contributed by atoms with Gasteiger partial charge in [0.05, 0.1) is 5.02 Å². The van der Waals surface area contributed by atoms with Gasteiger partial charge in [-0.2, -0.15) is 0 Å². The summed E-state index contributed by atoms with van der Waals surface area (Å²) in [5.41, 5.74) is 2.96. The van der Waals surface area contributed by atoms with E-state index in [9.17, 15) is 9.59 Å². The van der Waals surface area contributed by atoms with Crippen LogP contribution in [-0.2, 0) is 4.79 Å². The Kier molecular flexibility index (Phi) is 5.59. The average molecular weight is 348 g/mol. The maximum atomic E-state index is 12.1. The van der Waals surface area contributed by atoms with Crippen LogP contribution in [0.4, 0.5) is 5.69 Å². The molecule has 0 radical (unpaired) electrons. The Morgan fingerprint density at radius 2 is 1.65 bits per heavy atom. The van der Waals surface area contributed by atoms with Crippen molar-refractivity contribution in [3.8, 4) is 0 Å². The third kappa shape index (κ3) is 4.44. The third-order valence-corrected chi connectivity index (χ3v) is 3.86. The molecular weight excluding hydrogens is 333 g/mol. The number of benzene rings is 2. The van der Waals surface area contributed by atoms with Gasteiger partial charge in [0.1, 0.15) is 0 Å². The monoisotopic (exact) mass is 347 g/mol. The molecular formula is C18H15Cl2NO2. The van der Waals surface area contributed by atoms with Crippen LogP contribution in [0.1, 0.15) is 21.5 Å². The first-order valence-electron chi connectivity index (χ1n) is 6.93. The molecule has 0 aliphatic rings. The molecule has 0 spiro atoms. The normalized spacial score (nSPS) is 10.8. The number of anilines is 1. The molecule has 0 atom stereocenters. The predicted octanol–water partition coefficient (Wildman–Crippen LogP) is 4.99. The number of hydrogen-bond donors (Lipinski definition) is 1. The van der Waals surface area contributed by atoms with E-state index >= 15 is 0 Å². The predicted molar refractivity (Wildman–Crippen MR) is 94.5 cm³/mol. The van der Waals surface area contributed by atoms with E-state index in [1.165, 1.54) is 24.3 Å². The van der Waals surface area contributed by atoms with Crippen LogP contribution in [0.25, 0.3) is 0 Å². The molecule has 0 aliphatic heterocycles. The largest absolute Gasteiger partial charge is 0.322 e. The second-order valence-electron chi connectivity index (χ2n) is 5.08. The number of carbonyl (C=O) groups excluding carboxylic acids is 2. The fraction of sp³-hybridized carbons (Fsp3) is 0.111. The van der Waals surface area contributed by atoms with Crippen molar-refractivity contribution in [1.82, 2.24) is 0 Å². The molecule has 0 bridgehead atoms. The zero-order valence-corrected chi connectivity index (χ0v) is 14.2. The van der Waals surface area contributed by atoms with Gasteiger partial charge in [0.25, 0.3) is 0 Å². The first-order chi connectivity index (χ1) is 10.9. The van der Waals surface area contributed by atoms with Gasteiger partial charge in [-0.1, -0.05) is 41.4 Å². The summed E-state index contributed by atoms with van der Waals surface area (Å²) < 4.78 is 0. The number of rotatable bonds is 4. The molecule has 2 aromatic rings. The maximum absolute atomic E-state index is 12.1. The van der Waals surface area contributed by atoms with Gasteiger partial charge in [-0.15, -0.1) is 0 Å². The number of ketones is 1. The number of amides is 1. The number of nitrogens with one attached hydrogen (secondary N) is 1. The zero-order valence-electron chi connectivity index (χ0n) is 12.7.